The Kier molecular flexibility index (Phi) is 6.83. The van der Waals surface area contributed by atoms with Crippen LogP contribution >= 0.6 is 0 Å². The Morgan fingerprint density at radius 3 is 1.08 bits per heavy atom. The monoisotopic (exact) mass is 634 g/mol. The Morgan fingerprint density at radius 1 is 0.306 bits per heavy atom. The van der Waals surface area contributed by atoms with E-state index in [1.807, 2.05) is 97.1 Å². The molecule has 0 atom stereocenters. The van der Waals surface area contributed by atoms with Gasteiger partial charge in [0.2, 0.25) is 11.6 Å². The third-order valence-corrected chi connectivity index (χ3v) is 7.85. The molecule has 9 aromatic rings. The standard InChI is InChI=1S/C38H22N10O/c1-3-9-23(10-4-1)31-43-33(47-37(45-31)35-39-17-7-18-40-35)25-13-15-29-27(21-25)28-22-26(14-16-30(28)49-29)34-44-32(24-11-5-2-6-12-24)46-38(48-34)36-41-19-8-20-42-36/h1-22H. The van der Waals surface area contributed by atoms with Crippen LogP contribution in [0.5, 0.6) is 0 Å². The summed E-state index contributed by atoms with van der Waals surface area (Å²) in [5.74, 6) is 3.61. The zero-order valence-electron chi connectivity index (χ0n) is 25.6. The summed E-state index contributed by atoms with van der Waals surface area (Å²) in [5, 5.41) is 1.77. The molecular weight excluding hydrogens is 612 g/mol. The molecule has 4 aromatic carbocycles. The van der Waals surface area contributed by atoms with E-state index < -0.39 is 0 Å². The van der Waals surface area contributed by atoms with Crippen molar-refractivity contribution >= 4 is 21.9 Å². The van der Waals surface area contributed by atoms with E-state index in [9.17, 15) is 0 Å². The highest BCUT2D eigenvalue weighted by atomic mass is 16.3. The first-order valence-corrected chi connectivity index (χ1v) is 15.4. The first kappa shape index (κ1) is 28.1. The smallest absolute Gasteiger partial charge is 0.201 e. The van der Waals surface area contributed by atoms with Crippen LogP contribution in [0.3, 0.4) is 0 Å². The second kappa shape index (κ2) is 11.9. The molecule has 0 aliphatic carbocycles. The van der Waals surface area contributed by atoms with Crippen molar-refractivity contribution in [1.29, 1.82) is 0 Å². The minimum absolute atomic E-state index is 0.381. The van der Waals surface area contributed by atoms with Crippen LogP contribution in [0.25, 0.3) is 90.8 Å². The van der Waals surface area contributed by atoms with Gasteiger partial charge in [-0.1, -0.05) is 60.7 Å². The van der Waals surface area contributed by atoms with Crippen molar-refractivity contribution in [1.82, 2.24) is 49.8 Å². The van der Waals surface area contributed by atoms with Crippen LogP contribution < -0.4 is 0 Å². The van der Waals surface area contributed by atoms with E-state index in [-0.39, 0.29) is 0 Å². The van der Waals surface area contributed by atoms with Crippen molar-refractivity contribution < 1.29 is 4.42 Å². The molecule has 49 heavy (non-hydrogen) atoms. The molecule has 0 unspecified atom stereocenters. The van der Waals surface area contributed by atoms with Crippen LogP contribution in [0, 0.1) is 0 Å². The van der Waals surface area contributed by atoms with Gasteiger partial charge in [0, 0.05) is 57.8 Å². The molecule has 5 aromatic heterocycles. The molecule has 11 heteroatoms. The van der Waals surface area contributed by atoms with Gasteiger partial charge in [0.1, 0.15) is 11.2 Å². The second-order valence-electron chi connectivity index (χ2n) is 11.0. The molecule has 0 bridgehead atoms. The quantitative estimate of drug-likeness (QED) is 0.179. The number of hydrogen-bond acceptors (Lipinski definition) is 11. The number of hydrogen-bond donors (Lipinski definition) is 0. The normalized spacial score (nSPS) is 11.3. The van der Waals surface area contributed by atoms with Gasteiger partial charge in [-0.2, -0.15) is 0 Å². The third kappa shape index (κ3) is 5.40. The molecule has 0 radical (unpaired) electrons. The van der Waals surface area contributed by atoms with Gasteiger partial charge < -0.3 is 4.42 Å². The average molecular weight is 635 g/mol. The van der Waals surface area contributed by atoms with Crippen LogP contribution in [0.2, 0.25) is 0 Å². The largest absolute Gasteiger partial charge is 0.456 e. The molecule has 11 nitrogen and oxygen atoms in total. The van der Waals surface area contributed by atoms with Crippen molar-refractivity contribution in [2.45, 2.75) is 0 Å². The lowest BCUT2D eigenvalue weighted by Gasteiger charge is -2.08. The van der Waals surface area contributed by atoms with Crippen molar-refractivity contribution in [3.8, 4) is 68.8 Å². The Bertz CT molecular complexity index is 2300. The molecular formula is C38H22N10O. The SMILES string of the molecule is c1ccc(-c2nc(-c3ccc4oc5ccc(-c6nc(-c7ccccc7)nc(-c7ncccn7)n6)cc5c4c3)nc(-c3ncccn3)n2)cc1. The summed E-state index contributed by atoms with van der Waals surface area (Å²) in [5.41, 5.74) is 4.73. The van der Waals surface area contributed by atoms with E-state index in [4.69, 9.17) is 34.3 Å². The van der Waals surface area contributed by atoms with Crippen molar-refractivity contribution in [2.24, 2.45) is 0 Å². The molecule has 0 aliphatic rings. The molecule has 230 valence electrons. The first-order valence-electron chi connectivity index (χ1n) is 15.4. The predicted molar refractivity (Wildman–Crippen MR) is 184 cm³/mol. The van der Waals surface area contributed by atoms with E-state index in [1.54, 1.807) is 36.9 Å². The summed E-state index contributed by atoms with van der Waals surface area (Å²) in [7, 11) is 0. The molecule has 0 saturated heterocycles. The van der Waals surface area contributed by atoms with Gasteiger partial charge in [-0.3, -0.25) is 0 Å². The van der Waals surface area contributed by atoms with Crippen molar-refractivity contribution in [2.75, 3.05) is 0 Å². The Balaban J connectivity index is 1.19. The zero-order chi connectivity index (χ0) is 32.6. The number of aromatic nitrogens is 10. The summed E-state index contributed by atoms with van der Waals surface area (Å²) >= 11 is 0. The maximum absolute atomic E-state index is 6.26. The van der Waals surface area contributed by atoms with E-state index in [0.717, 1.165) is 44.2 Å². The van der Waals surface area contributed by atoms with E-state index in [0.29, 0.717) is 46.6 Å². The highest BCUT2D eigenvalue weighted by molar-refractivity contribution is 6.07. The van der Waals surface area contributed by atoms with Gasteiger partial charge >= 0.3 is 0 Å². The van der Waals surface area contributed by atoms with Gasteiger partial charge in [0.15, 0.2) is 34.9 Å². The highest BCUT2D eigenvalue weighted by Gasteiger charge is 2.18. The summed E-state index contributed by atoms with van der Waals surface area (Å²) < 4.78 is 6.26. The number of fused-ring (bicyclic) bond motifs is 3. The van der Waals surface area contributed by atoms with Crippen molar-refractivity contribution in [3.63, 3.8) is 0 Å². The highest BCUT2D eigenvalue weighted by Crippen LogP contribution is 2.35. The van der Waals surface area contributed by atoms with Gasteiger partial charge in [0.25, 0.3) is 0 Å². The molecule has 5 heterocycles. The van der Waals surface area contributed by atoms with Gasteiger partial charge in [-0.15, -0.1) is 0 Å². The summed E-state index contributed by atoms with van der Waals surface area (Å²) in [6.45, 7) is 0. The lowest BCUT2D eigenvalue weighted by atomic mass is 10.1. The fourth-order valence-corrected chi connectivity index (χ4v) is 5.53. The average Bonchev–Trinajstić information content (AvgIpc) is 3.56. The Labute approximate surface area is 278 Å². The number of rotatable bonds is 6. The van der Waals surface area contributed by atoms with E-state index in [1.165, 1.54) is 0 Å². The minimum atomic E-state index is 0.381. The predicted octanol–water partition coefficient (Wildman–Crippen LogP) is 7.54. The molecule has 0 fully saturated rings. The molecule has 0 N–H and O–H groups in total. The molecule has 0 saturated carbocycles. The van der Waals surface area contributed by atoms with Crippen molar-refractivity contribution in [3.05, 3.63) is 134 Å². The summed E-state index contributed by atoms with van der Waals surface area (Å²) in [6, 6.07) is 34.8. The first-order chi connectivity index (χ1) is 24.2. The second-order valence-corrected chi connectivity index (χ2v) is 11.0. The molecule has 9 rings (SSSR count). The minimum Gasteiger partial charge on any atom is -0.456 e. The number of nitrogens with zero attached hydrogens (tertiary/aromatic N) is 10. The van der Waals surface area contributed by atoms with Crippen LogP contribution in [-0.4, -0.2) is 49.8 Å². The van der Waals surface area contributed by atoms with Gasteiger partial charge in [-0.05, 0) is 48.5 Å². The Hall–Kier alpha value is -7.14. The van der Waals surface area contributed by atoms with Gasteiger partial charge in [0.05, 0.1) is 0 Å². The zero-order valence-corrected chi connectivity index (χ0v) is 25.6. The molecule has 0 amide bonds. The van der Waals surface area contributed by atoms with Crippen LogP contribution in [-0.2, 0) is 0 Å². The van der Waals surface area contributed by atoms with Crippen LogP contribution in [0.15, 0.2) is 138 Å². The third-order valence-electron chi connectivity index (χ3n) is 7.85. The molecule has 0 spiro atoms. The lowest BCUT2D eigenvalue weighted by molar-refractivity contribution is 0.669. The van der Waals surface area contributed by atoms with Gasteiger partial charge in [-0.25, -0.2) is 49.8 Å². The number of benzene rings is 4. The molecule has 0 aliphatic heterocycles. The number of furan rings is 1. The van der Waals surface area contributed by atoms with Crippen LogP contribution in [0.4, 0.5) is 0 Å². The van der Waals surface area contributed by atoms with E-state index >= 15 is 0 Å². The van der Waals surface area contributed by atoms with Crippen LogP contribution in [0.1, 0.15) is 0 Å². The summed E-state index contributed by atoms with van der Waals surface area (Å²) in [4.78, 5) is 46.3. The van der Waals surface area contributed by atoms with E-state index in [2.05, 4.69) is 19.9 Å². The topological polar surface area (TPSA) is 142 Å². The lowest BCUT2D eigenvalue weighted by Crippen LogP contribution is -2.02. The fraction of sp³-hybridized carbons (Fsp3) is 0. The summed E-state index contributed by atoms with van der Waals surface area (Å²) in [6.07, 6.45) is 6.67. The fourth-order valence-electron chi connectivity index (χ4n) is 5.53. The maximum atomic E-state index is 6.26. The maximum Gasteiger partial charge on any atom is 0.201 e. The Morgan fingerprint density at radius 2 is 0.673 bits per heavy atom.